The molecule has 0 fully saturated rings. The van der Waals surface area contributed by atoms with Gasteiger partial charge in [0.25, 0.3) is 0 Å². The van der Waals surface area contributed by atoms with Crippen molar-refractivity contribution in [3.05, 3.63) is 132 Å². The standard InChI is InChI=1S/C40H38F4O2/c1-3-5-7-8-28-9-17-33(18-10-28)40(43,44)46-35-21-11-29(12-22-35)31-15-23-37(38(41)26-31)32-16-24-36(39(42)27-32)30-13-19-34(20-14-30)45-25-6-4-2/h9-24,26-27H,3-8,25H2,1-2H3. The third-order valence-corrected chi connectivity index (χ3v) is 7.97. The SMILES string of the molecule is CCCCCc1ccc(C(F)(F)Oc2ccc(-c3ccc(-c4ccc(-c5ccc(OCCCC)cc5)c(F)c4)c(F)c3)cc2)cc1. The number of unbranched alkanes of at least 4 members (excludes halogenated alkanes) is 3. The number of benzene rings is 5. The average Bonchev–Trinajstić information content (AvgIpc) is 3.06. The number of alkyl halides is 2. The van der Waals surface area contributed by atoms with Crippen LogP contribution in [0.3, 0.4) is 0 Å². The van der Waals surface area contributed by atoms with Gasteiger partial charge in [-0.3, -0.25) is 0 Å². The second-order valence-electron chi connectivity index (χ2n) is 11.4. The van der Waals surface area contributed by atoms with Gasteiger partial charge in [0, 0.05) is 11.1 Å². The summed E-state index contributed by atoms with van der Waals surface area (Å²) in [5, 5.41) is 0. The quantitative estimate of drug-likeness (QED) is 0.0902. The van der Waals surface area contributed by atoms with Crippen molar-refractivity contribution in [1.82, 2.24) is 0 Å². The van der Waals surface area contributed by atoms with E-state index in [9.17, 15) is 8.78 Å². The monoisotopic (exact) mass is 626 g/mol. The van der Waals surface area contributed by atoms with Crippen LogP contribution in [0.25, 0.3) is 33.4 Å². The summed E-state index contributed by atoms with van der Waals surface area (Å²) in [6.45, 7) is 4.85. The number of hydrogen-bond donors (Lipinski definition) is 0. The fraction of sp³-hybridized carbons (Fsp3) is 0.250. The minimum Gasteiger partial charge on any atom is -0.494 e. The molecular formula is C40H38F4O2. The van der Waals surface area contributed by atoms with Gasteiger partial charge in [0.05, 0.1) is 12.2 Å². The number of hydrogen-bond acceptors (Lipinski definition) is 2. The molecule has 6 heteroatoms. The summed E-state index contributed by atoms with van der Waals surface area (Å²) >= 11 is 0. The van der Waals surface area contributed by atoms with Crippen LogP contribution in [0.4, 0.5) is 17.6 Å². The molecule has 0 heterocycles. The van der Waals surface area contributed by atoms with Gasteiger partial charge in [-0.2, -0.15) is 8.78 Å². The van der Waals surface area contributed by atoms with E-state index in [1.165, 1.54) is 36.4 Å². The van der Waals surface area contributed by atoms with E-state index in [2.05, 4.69) is 13.8 Å². The second-order valence-corrected chi connectivity index (χ2v) is 11.4. The first-order valence-corrected chi connectivity index (χ1v) is 15.9. The number of rotatable bonds is 14. The maximum absolute atomic E-state index is 15.3. The van der Waals surface area contributed by atoms with E-state index in [1.807, 2.05) is 12.1 Å². The Kier molecular flexibility index (Phi) is 10.8. The highest BCUT2D eigenvalue weighted by Gasteiger charge is 2.34. The maximum atomic E-state index is 15.3. The summed E-state index contributed by atoms with van der Waals surface area (Å²) in [4.78, 5) is 0. The van der Waals surface area contributed by atoms with Crippen LogP contribution in [0.15, 0.2) is 109 Å². The Morgan fingerprint density at radius 2 is 1.09 bits per heavy atom. The topological polar surface area (TPSA) is 18.5 Å². The molecule has 0 saturated heterocycles. The first-order chi connectivity index (χ1) is 22.3. The van der Waals surface area contributed by atoms with Crippen LogP contribution < -0.4 is 9.47 Å². The van der Waals surface area contributed by atoms with Crippen LogP contribution in [0, 0.1) is 11.6 Å². The highest BCUT2D eigenvalue weighted by molar-refractivity contribution is 5.74. The Labute approximate surface area is 268 Å². The van der Waals surface area contributed by atoms with Crippen LogP contribution in [0.2, 0.25) is 0 Å². The van der Waals surface area contributed by atoms with Crippen LogP contribution in [0.1, 0.15) is 57.1 Å². The molecule has 0 aliphatic carbocycles. The minimum absolute atomic E-state index is 0.00733. The Balaban J connectivity index is 1.24. The highest BCUT2D eigenvalue weighted by atomic mass is 19.3. The Morgan fingerprint density at radius 3 is 1.72 bits per heavy atom. The van der Waals surface area contributed by atoms with Crippen LogP contribution in [-0.2, 0) is 12.5 Å². The van der Waals surface area contributed by atoms with Crippen molar-refractivity contribution in [2.24, 2.45) is 0 Å². The Hall–Kier alpha value is -4.58. The molecule has 0 unspecified atom stereocenters. The summed E-state index contributed by atoms with van der Waals surface area (Å²) < 4.78 is 70.9. The lowest BCUT2D eigenvalue weighted by Crippen LogP contribution is -2.21. The van der Waals surface area contributed by atoms with Gasteiger partial charge in [0.1, 0.15) is 23.1 Å². The van der Waals surface area contributed by atoms with E-state index in [1.54, 1.807) is 60.7 Å². The molecular weight excluding hydrogens is 588 g/mol. The molecule has 5 rings (SSSR count). The molecule has 0 aliphatic rings. The van der Waals surface area contributed by atoms with Gasteiger partial charge in [-0.15, -0.1) is 0 Å². The second kappa shape index (κ2) is 15.1. The van der Waals surface area contributed by atoms with E-state index < -0.39 is 17.7 Å². The third kappa shape index (κ3) is 8.16. The van der Waals surface area contributed by atoms with Crippen LogP contribution in [0.5, 0.6) is 11.5 Å². The minimum atomic E-state index is -3.51. The lowest BCUT2D eigenvalue weighted by molar-refractivity contribution is -0.185. The average molecular weight is 627 g/mol. The maximum Gasteiger partial charge on any atom is 0.426 e. The first-order valence-electron chi connectivity index (χ1n) is 15.9. The van der Waals surface area contributed by atoms with Crippen molar-refractivity contribution >= 4 is 0 Å². The molecule has 0 spiro atoms. The Bertz CT molecular complexity index is 1710. The van der Waals surface area contributed by atoms with E-state index in [0.29, 0.717) is 34.4 Å². The van der Waals surface area contributed by atoms with Gasteiger partial charge < -0.3 is 9.47 Å². The van der Waals surface area contributed by atoms with Gasteiger partial charge in [-0.25, -0.2) is 8.78 Å². The van der Waals surface area contributed by atoms with Crippen molar-refractivity contribution in [2.75, 3.05) is 6.61 Å². The van der Waals surface area contributed by atoms with Crippen molar-refractivity contribution in [1.29, 1.82) is 0 Å². The van der Waals surface area contributed by atoms with Gasteiger partial charge in [-0.1, -0.05) is 93.8 Å². The largest absolute Gasteiger partial charge is 0.494 e. The molecule has 0 N–H and O–H groups in total. The number of aryl methyl sites for hydroxylation is 1. The third-order valence-electron chi connectivity index (χ3n) is 7.97. The molecule has 0 atom stereocenters. The van der Waals surface area contributed by atoms with Gasteiger partial charge in [-0.05, 0) is 95.6 Å². The van der Waals surface area contributed by atoms with E-state index in [4.69, 9.17) is 9.47 Å². The number of halogens is 4. The lowest BCUT2D eigenvalue weighted by Gasteiger charge is -2.19. The zero-order valence-corrected chi connectivity index (χ0v) is 26.2. The van der Waals surface area contributed by atoms with Crippen molar-refractivity contribution < 1.29 is 27.0 Å². The zero-order valence-electron chi connectivity index (χ0n) is 26.2. The smallest absolute Gasteiger partial charge is 0.426 e. The van der Waals surface area contributed by atoms with Crippen molar-refractivity contribution in [2.45, 2.75) is 58.5 Å². The fourth-order valence-corrected chi connectivity index (χ4v) is 5.28. The molecule has 0 aromatic heterocycles. The van der Waals surface area contributed by atoms with Crippen LogP contribution in [-0.4, -0.2) is 6.61 Å². The summed E-state index contributed by atoms with van der Waals surface area (Å²) in [6.07, 6.45) is 2.60. The fourth-order valence-electron chi connectivity index (χ4n) is 5.28. The molecule has 238 valence electrons. The normalized spacial score (nSPS) is 11.4. The summed E-state index contributed by atoms with van der Waals surface area (Å²) in [6, 6.07) is 28.9. The Morgan fingerprint density at radius 1 is 0.543 bits per heavy atom. The lowest BCUT2D eigenvalue weighted by atomic mass is 9.97. The van der Waals surface area contributed by atoms with E-state index in [-0.39, 0.29) is 16.9 Å². The predicted molar refractivity (Wildman–Crippen MR) is 177 cm³/mol. The molecule has 0 aliphatic heterocycles. The molecule has 0 radical (unpaired) electrons. The molecule has 0 amide bonds. The molecule has 46 heavy (non-hydrogen) atoms. The van der Waals surface area contributed by atoms with Gasteiger partial charge in [0.15, 0.2) is 0 Å². The molecule has 0 bridgehead atoms. The molecule has 2 nitrogen and oxygen atoms in total. The number of ether oxygens (including phenoxy) is 2. The van der Waals surface area contributed by atoms with E-state index in [0.717, 1.165) is 49.8 Å². The molecule has 5 aromatic rings. The van der Waals surface area contributed by atoms with Crippen molar-refractivity contribution in [3.63, 3.8) is 0 Å². The highest BCUT2D eigenvalue weighted by Crippen LogP contribution is 2.35. The van der Waals surface area contributed by atoms with Crippen molar-refractivity contribution in [3.8, 4) is 44.9 Å². The first kappa shape index (κ1) is 32.8. The zero-order chi connectivity index (χ0) is 32.5. The summed E-state index contributed by atoms with van der Waals surface area (Å²) in [5.74, 6) is -0.263. The summed E-state index contributed by atoms with van der Waals surface area (Å²) in [5.41, 5.74) is 3.75. The predicted octanol–water partition coefficient (Wildman–Crippen LogP) is 12.0. The molecule has 0 saturated carbocycles. The van der Waals surface area contributed by atoms with Crippen LogP contribution >= 0.6 is 0 Å². The molecule has 5 aromatic carbocycles. The summed E-state index contributed by atoms with van der Waals surface area (Å²) in [7, 11) is 0. The van der Waals surface area contributed by atoms with E-state index >= 15 is 8.78 Å². The van der Waals surface area contributed by atoms with Gasteiger partial charge in [0.2, 0.25) is 0 Å². The van der Waals surface area contributed by atoms with Gasteiger partial charge >= 0.3 is 6.11 Å².